The molecule has 2 N–H and O–H groups in total. The Morgan fingerprint density at radius 3 is 2.57 bits per heavy atom. The van der Waals surface area contributed by atoms with Crippen molar-refractivity contribution in [2.75, 3.05) is 19.6 Å². The number of hydrogen-bond donors (Lipinski definition) is 1. The van der Waals surface area contributed by atoms with Crippen molar-refractivity contribution >= 4 is 0 Å². The largest absolute Gasteiger partial charge is 0.329 e. The van der Waals surface area contributed by atoms with Gasteiger partial charge < -0.3 is 5.73 Å². The first-order valence-corrected chi connectivity index (χ1v) is 8.46. The predicted molar refractivity (Wildman–Crippen MR) is 89.4 cm³/mol. The highest BCUT2D eigenvalue weighted by molar-refractivity contribution is 5.32. The molecule has 0 saturated carbocycles. The molecule has 21 heavy (non-hydrogen) atoms. The van der Waals surface area contributed by atoms with Crippen LogP contribution in [0.1, 0.15) is 44.7 Å². The maximum atomic E-state index is 6.29. The number of benzene rings is 1. The van der Waals surface area contributed by atoms with E-state index >= 15 is 0 Å². The molecule has 2 unspecified atom stereocenters. The van der Waals surface area contributed by atoms with Gasteiger partial charge in [0, 0.05) is 18.6 Å². The van der Waals surface area contributed by atoms with E-state index in [0.717, 1.165) is 18.9 Å². The zero-order valence-electron chi connectivity index (χ0n) is 13.9. The number of aryl methyl sites for hydroxylation is 1. The van der Waals surface area contributed by atoms with Crippen LogP contribution in [0.2, 0.25) is 0 Å². The quantitative estimate of drug-likeness (QED) is 0.904. The highest BCUT2D eigenvalue weighted by Crippen LogP contribution is 2.40. The molecule has 2 aliphatic rings. The minimum Gasteiger partial charge on any atom is -0.329 e. The van der Waals surface area contributed by atoms with Crippen molar-refractivity contribution in [3.8, 4) is 0 Å². The van der Waals surface area contributed by atoms with E-state index in [1.54, 1.807) is 0 Å². The van der Waals surface area contributed by atoms with E-state index in [9.17, 15) is 0 Å². The fourth-order valence-corrected chi connectivity index (χ4v) is 4.26. The molecule has 0 amide bonds. The second kappa shape index (κ2) is 5.40. The summed E-state index contributed by atoms with van der Waals surface area (Å²) in [6.07, 6.45) is 4.87. The smallest absolute Gasteiger partial charge is 0.0375 e. The number of hydrogen-bond acceptors (Lipinski definition) is 2. The van der Waals surface area contributed by atoms with Crippen LogP contribution in [0.25, 0.3) is 0 Å². The average Bonchev–Trinajstić information content (AvgIpc) is 2.97. The molecule has 3 rings (SSSR count). The number of likely N-dealkylation sites (tertiary alicyclic amines) is 1. The van der Waals surface area contributed by atoms with E-state index in [1.807, 2.05) is 0 Å². The summed E-state index contributed by atoms with van der Waals surface area (Å²) in [5, 5.41) is 0. The van der Waals surface area contributed by atoms with Crippen LogP contribution >= 0.6 is 0 Å². The second-order valence-corrected chi connectivity index (χ2v) is 8.17. The van der Waals surface area contributed by atoms with Crippen LogP contribution in [0.15, 0.2) is 24.3 Å². The maximum absolute atomic E-state index is 6.29. The standard InChI is InChI=1S/C19H30N2/c1-18(2,3)17-9-11-21(13-17)19(14-20)10-8-15-6-4-5-7-16(15)12-19/h4-7,17H,8-14,20H2,1-3H3. The van der Waals surface area contributed by atoms with E-state index in [1.165, 1.54) is 43.5 Å². The summed E-state index contributed by atoms with van der Waals surface area (Å²) < 4.78 is 0. The summed E-state index contributed by atoms with van der Waals surface area (Å²) in [6, 6.07) is 8.93. The minimum absolute atomic E-state index is 0.203. The van der Waals surface area contributed by atoms with Gasteiger partial charge >= 0.3 is 0 Å². The van der Waals surface area contributed by atoms with Crippen molar-refractivity contribution in [2.24, 2.45) is 17.1 Å². The van der Waals surface area contributed by atoms with Crippen molar-refractivity contribution < 1.29 is 0 Å². The van der Waals surface area contributed by atoms with Crippen molar-refractivity contribution in [3.63, 3.8) is 0 Å². The highest BCUT2D eigenvalue weighted by Gasteiger charge is 2.43. The van der Waals surface area contributed by atoms with Gasteiger partial charge in [-0.25, -0.2) is 0 Å². The van der Waals surface area contributed by atoms with Gasteiger partial charge in [-0.15, -0.1) is 0 Å². The SMILES string of the molecule is CC(C)(C)C1CCN(C2(CN)CCc3ccccc3C2)C1. The summed E-state index contributed by atoms with van der Waals surface area (Å²) in [6.45, 7) is 10.4. The van der Waals surface area contributed by atoms with Crippen LogP contribution in [-0.2, 0) is 12.8 Å². The molecule has 0 bridgehead atoms. The average molecular weight is 286 g/mol. The molecule has 1 heterocycles. The van der Waals surface area contributed by atoms with Crippen LogP contribution in [0.5, 0.6) is 0 Å². The first-order chi connectivity index (χ1) is 9.94. The monoisotopic (exact) mass is 286 g/mol. The molecule has 0 aromatic heterocycles. The van der Waals surface area contributed by atoms with Crippen molar-refractivity contribution in [1.29, 1.82) is 0 Å². The van der Waals surface area contributed by atoms with Gasteiger partial charge in [0.15, 0.2) is 0 Å². The number of rotatable bonds is 2. The lowest BCUT2D eigenvalue weighted by Gasteiger charge is -2.45. The van der Waals surface area contributed by atoms with E-state index in [4.69, 9.17) is 5.73 Å². The topological polar surface area (TPSA) is 29.3 Å². The summed E-state index contributed by atoms with van der Waals surface area (Å²) in [5.74, 6) is 0.804. The first-order valence-electron chi connectivity index (χ1n) is 8.46. The molecule has 1 aromatic carbocycles. The third kappa shape index (κ3) is 2.76. The Hall–Kier alpha value is -0.860. The van der Waals surface area contributed by atoms with Crippen molar-refractivity contribution in [2.45, 2.75) is 52.0 Å². The Labute approximate surface area is 129 Å². The van der Waals surface area contributed by atoms with Crippen LogP contribution < -0.4 is 5.73 Å². The molecular formula is C19H30N2. The molecule has 0 spiro atoms. The molecule has 1 fully saturated rings. The van der Waals surface area contributed by atoms with Gasteiger partial charge in [0.2, 0.25) is 0 Å². The van der Waals surface area contributed by atoms with E-state index in [2.05, 4.69) is 49.9 Å². The lowest BCUT2D eigenvalue weighted by molar-refractivity contribution is 0.0925. The molecule has 2 nitrogen and oxygen atoms in total. The zero-order valence-corrected chi connectivity index (χ0v) is 13.9. The Balaban J connectivity index is 1.80. The normalized spacial score (nSPS) is 30.4. The summed E-state index contributed by atoms with van der Waals surface area (Å²) in [5.41, 5.74) is 9.96. The lowest BCUT2D eigenvalue weighted by Crippen LogP contribution is -2.56. The summed E-state index contributed by atoms with van der Waals surface area (Å²) in [7, 11) is 0. The van der Waals surface area contributed by atoms with Gasteiger partial charge in [-0.05, 0) is 54.7 Å². The van der Waals surface area contributed by atoms with Crippen LogP contribution in [-0.4, -0.2) is 30.1 Å². The van der Waals surface area contributed by atoms with Crippen molar-refractivity contribution in [3.05, 3.63) is 35.4 Å². The molecule has 1 aromatic rings. The van der Waals surface area contributed by atoms with E-state index < -0.39 is 0 Å². The number of nitrogens with two attached hydrogens (primary N) is 1. The highest BCUT2D eigenvalue weighted by atomic mass is 15.2. The number of fused-ring (bicyclic) bond motifs is 1. The Kier molecular flexibility index (Phi) is 3.87. The van der Waals surface area contributed by atoms with Gasteiger partial charge in [0.25, 0.3) is 0 Å². The Morgan fingerprint density at radius 2 is 1.95 bits per heavy atom. The minimum atomic E-state index is 0.203. The summed E-state index contributed by atoms with van der Waals surface area (Å²) >= 11 is 0. The fourth-order valence-electron chi connectivity index (χ4n) is 4.26. The maximum Gasteiger partial charge on any atom is 0.0375 e. The Morgan fingerprint density at radius 1 is 1.24 bits per heavy atom. The summed E-state index contributed by atoms with van der Waals surface area (Å²) in [4.78, 5) is 2.72. The van der Waals surface area contributed by atoms with E-state index in [0.29, 0.717) is 5.41 Å². The molecule has 1 aliphatic heterocycles. The fraction of sp³-hybridized carbons (Fsp3) is 0.684. The third-order valence-electron chi connectivity index (χ3n) is 5.96. The molecule has 1 aliphatic carbocycles. The van der Waals surface area contributed by atoms with Crippen LogP contribution in [0, 0.1) is 11.3 Å². The molecule has 0 radical (unpaired) electrons. The lowest BCUT2D eigenvalue weighted by atomic mass is 9.76. The zero-order chi connectivity index (χ0) is 15.1. The van der Waals surface area contributed by atoms with Gasteiger partial charge in [-0.1, -0.05) is 45.0 Å². The third-order valence-corrected chi connectivity index (χ3v) is 5.96. The molecular weight excluding hydrogens is 256 g/mol. The van der Waals surface area contributed by atoms with Crippen LogP contribution in [0.3, 0.4) is 0 Å². The van der Waals surface area contributed by atoms with Gasteiger partial charge in [0.05, 0.1) is 0 Å². The number of nitrogens with zero attached hydrogens (tertiary/aromatic N) is 1. The van der Waals surface area contributed by atoms with E-state index in [-0.39, 0.29) is 5.54 Å². The molecule has 2 heteroatoms. The van der Waals surface area contributed by atoms with Gasteiger partial charge in [-0.3, -0.25) is 4.90 Å². The molecule has 1 saturated heterocycles. The van der Waals surface area contributed by atoms with Gasteiger partial charge in [-0.2, -0.15) is 0 Å². The van der Waals surface area contributed by atoms with Crippen LogP contribution in [0.4, 0.5) is 0 Å². The first kappa shape index (κ1) is 15.1. The second-order valence-electron chi connectivity index (χ2n) is 8.17. The Bertz CT molecular complexity index is 503. The van der Waals surface area contributed by atoms with Crippen molar-refractivity contribution in [1.82, 2.24) is 4.90 Å². The van der Waals surface area contributed by atoms with Gasteiger partial charge in [0.1, 0.15) is 0 Å². The molecule has 116 valence electrons. The molecule has 2 atom stereocenters. The predicted octanol–water partition coefficient (Wildman–Crippen LogP) is 3.24.